The molecule has 0 aliphatic carbocycles. The van der Waals surface area contributed by atoms with Gasteiger partial charge in [-0.15, -0.1) is 0 Å². The number of halogens is 2. The predicted octanol–water partition coefficient (Wildman–Crippen LogP) is 1.92. The Morgan fingerprint density at radius 1 is 1.38 bits per heavy atom. The van der Waals surface area contributed by atoms with E-state index in [1.165, 1.54) is 0 Å². The lowest BCUT2D eigenvalue weighted by molar-refractivity contribution is 0.0741. The fourth-order valence-corrected chi connectivity index (χ4v) is 3.09. The Morgan fingerprint density at radius 2 is 1.69 bits per heavy atom. The normalized spacial score (nSPS) is 20.8. The molecule has 0 heterocycles. The largest absolute Gasteiger partial charge is 0.389 e. The molecule has 13 heavy (non-hydrogen) atoms. The zero-order chi connectivity index (χ0) is 11.1. The van der Waals surface area contributed by atoms with Gasteiger partial charge in [-0.05, 0) is 28.0 Å². The summed E-state index contributed by atoms with van der Waals surface area (Å²) in [7, 11) is -3.33. The van der Waals surface area contributed by atoms with Crippen molar-refractivity contribution in [2.24, 2.45) is 5.41 Å². The van der Waals surface area contributed by atoms with Gasteiger partial charge in [0.25, 0.3) is 0 Å². The summed E-state index contributed by atoms with van der Waals surface area (Å²) in [6.45, 7) is 5.37. The van der Waals surface area contributed by atoms with Crippen molar-refractivity contribution in [3.05, 3.63) is 0 Å². The van der Waals surface area contributed by atoms with Gasteiger partial charge in [0.2, 0.25) is 1.66 Å². The molecule has 3 nitrogen and oxygen atoms in total. The fraction of sp³-hybridized carbons (Fsp3) is 1.00. The highest BCUT2D eigenvalue weighted by Crippen LogP contribution is 2.43. The molecule has 2 atom stereocenters. The minimum absolute atomic E-state index is 0.478. The minimum Gasteiger partial charge on any atom is -0.389 e. The van der Waals surface area contributed by atoms with Crippen LogP contribution in [-0.2, 0) is 9.84 Å². The van der Waals surface area contributed by atoms with Crippen molar-refractivity contribution in [2.75, 3.05) is 6.26 Å². The standard InChI is InChI=1S/C7H14BrIO3S/c1-6(2,3)5(10)7(8,9)13(4,11)12/h5,10H,1-4H3/t5-,7+/m1/s1. The van der Waals surface area contributed by atoms with Gasteiger partial charge in [-0.3, -0.25) is 0 Å². The van der Waals surface area contributed by atoms with Gasteiger partial charge in [0, 0.05) is 6.26 Å². The van der Waals surface area contributed by atoms with E-state index in [2.05, 4.69) is 15.9 Å². The molecule has 0 aromatic carbocycles. The average molecular weight is 385 g/mol. The zero-order valence-corrected chi connectivity index (χ0v) is 12.6. The van der Waals surface area contributed by atoms with Crippen molar-refractivity contribution >= 4 is 48.4 Å². The van der Waals surface area contributed by atoms with Crippen LogP contribution in [0, 0.1) is 5.41 Å². The molecule has 80 valence electrons. The van der Waals surface area contributed by atoms with Gasteiger partial charge < -0.3 is 5.11 Å². The maximum atomic E-state index is 11.3. The second-order valence-corrected chi connectivity index (χ2v) is 12.0. The molecule has 0 rings (SSSR count). The molecule has 0 aliphatic heterocycles. The second-order valence-electron chi connectivity index (χ2n) is 4.10. The highest BCUT2D eigenvalue weighted by atomic mass is 127. The first kappa shape index (κ1) is 14.1. The van der Waals surface area contributed by atoms with Crippen LogP contribution in [0.5, 0.6) is 0 Å². The van der Waals surface area contributed by atoms with Crippen molar-refractivity contribution in [3.63, 3.8) is 0 Å². The van der Waals surface area contributed by atoms with Crippen LogP contribution in [0.1, 0.15) is 20.8 Å². The maximum Gasteiger partial charge on any atom is 0.203 e. The van der Waals surface area contributed by atoms with Gasteiger partial charge >= 0.3 is 0 Å². The van der Waals surface area contributed by atoms with Crippen LogP contribution in [0.25, 0.3) is 0 Å². The number of sulfone groups is 1. The predicted molar refractivity (Wildman–Crippen MR) is 66.0 cm³/mol. The van der Waals surface area contributed by atoms with Crippen LogP contribution in [-0.4, -0.2) is 27.5 Å². The summed E-state index contributed by atoms with van der Waals surface area (Å²) in [6.07, 6.45) is 0.138. The molecule has 0 aromatic heterocycles. The minimum atomic E-state index is -3.33. The number of hydrogen-bond donors (Lipinski definition) is 1. The lowest BCUT2D eigenvalue weighted by Crippen LogP contribution is -2.45. The average Bonchev–Trinajstić information content (AvgIpc) is 1.81. The molecule has 0 saturated heterocycles. The van der Waals surface area contributed by atoms with E-state index in [1.807, 2.05) is 0 Å². The van der Waals surface area contributed by atoms with Crippen LogP contribution >= 0.6 is 38.5 Å². The van der Waals surface area contributed by atoms with Crippen LogP contribution in [0.3, 0.4) is 0 Å². The quantitative estimate of drug-likeness (QED) is 0.584. The molecule has 0 fully saturated rings. The fourth-order valence-electron chi connectivity index (χ4n) is 0.707. The Kier molecular flexibility index (Phi) is 4.28. The molecule has 0 aliphatic rings. The number of aliphatic hydroxyl groups is 1. The molecule has 0 aromatic rings. The van der Waals surface area contributed by atoms with Crippen molar-refractivity contribution in [1.82, 2.24) is 0 Å². The Morgan fingerprint density at radius 3 is 1.77 bits per heavy atom. The van der Waals surface area contributed by atoms with Gasteiger partial charge in [0.1, 0.15) is 0 Å². The molecule has 0 radical (unpaired) electrons. The van der Waals surface area contributed by atoms with Gasteiger partial charge in [-0.1, -0.05) is 36.7 Å². The first-order valence-corrected chi connectivity index (χ1v) is 7.42. The smallest absolute Gasteiger partial charge is 0.203 e. The summed E-state index contributed by atoms with van der Waals surface area (Å²) in [5.41, 5.74) is -0.478. The van der Waals surface area contributed by atoms with Crippen LogP contribution in [0.15, 0.2) is 0 Å². The van der Waals surface area contributed by atoms with Crippen LogP contribution in [0.2, 0.25) is 0 Å². The molecule has 0 saturated carbocycles. The highest BCUT2D eigenvalue weighted by Gasteiger charge is 2.47. The first-order chi connectivity index (χ1) is 5.40. The van der Waals surface area contributed by atoms with E-state index in [4.69, 9.17) is 0 Å². The Balaban J connectivity index is 5.09. The van der Waals surface area contributed by atoms with E-state index < -0.39 is 23.0 Å². The zero-order valence-electron chi connectivity index (χ0n) is 8.01. The third-order valence-electron chi connectivity index (χ3n) is 1.63. The van der Waals surface area contributed by atoms with E-state index in [-0.39, 0.29) is 0 Å². The van der Waals surface area contributed by atoms with Crippen molar-refractivity contribution in [3.8, 4) is 0 Å². The summed E-state index contributed by atoms with van der Waals surface area (Å²) in [6, 6.07) is 0. The van der Waals surface area contributed by atoms with Crippen molar-refractivity contribution in [2.45, 2.75) is 28.5 Å². The number of alkyl halides is 2. The summed E-state index contributed by atoms with van der Waals surface area (Å²) < 4.78 is 21.3. The molecule has 0 unspecified atom stereocenters. The Bertz CT molecular complexity index is 279. The monoisotopic (exact) mass is 384 g/mol. The first-order valence-electron chi connectivity index (χ1n) is 3.66. The summed E-state index contributed by atoms with van der Waals surface area (Å²) in [4.78, 5) is 0. The van der Waals surface area contributed by atoms with Crippen molar-refractivity contribution in [1.29, 1.82) is 0 Å². The van der Waals surface area contributed by atoms with Gasteiger partial charge in [0.15, 0.2) is 9.84 Å². The summed E-state index contributed by atoms with van der Waals surface area (Å²) in [5, 5.41) is 9.82. The Hall–Kier alpha value is 1.12. The summed E-state index contributed by atoms with van der Waals surface area (Å²) in [5.74, 6) is 0. The topological polar surface area (TPSA) is 54.4 Å². The van der Waals surface area contributed by atoms with E-state index >= 15 is 0 Å². The SMILES string of the molecule is CC(C)(C)[C@@H](O)[C@](Br)(I)S(C)(=O)=O. The van der Waals surface area contributed by atoms with E-state index in [1.54, 1.807) is 43.4 Å². The highest BCUT2D eigenvalue weighted by molar-refractivity contribution is 14.1. The molecule has 0 amide bonds. The lowest BCUT2D eigenvalue weighted by Gasteiger charge is -2.34. The molecule has 0 bridgehead atoms. The van der Waals surface area contributed by atoms with Crippen LogP contribution in [0.4, 0.5) is 0 Å². The Labute approximate surface area is 101 Å². The molecular formula is C7H14BrIO3S. The number of rotatable bonds is 2. The van der Waals surface area contributed by atoms with Crippen LogP contribution < -0.4 is 0 Å². The molecule has 0 spiro atoms. The van der Waals surface area contributed by atoms with E-state index in [9.17, 15) is 13.5 Å². The lowest BCUT2D eigenvalue weighted by atomic mass is 9.90. The third-order valence-corrected chi connectivity index (χ3v) is 8.03. The van der Waals surface area contributed by atoms with Gasteiger partial charge in [0.05, 0.1) is 6.10 Å². The van der Waals surface area contributed by atoms with E-state index in [0.29, 0.717) is 0 Å². The number of aliphatic hydroxyl groups excluding tert-OH is 1. The summed E-state index contributed by atoms with van der Waals surface area (Å²) >= 11 is 4.76. The third kappa shape index (κ3) is 3.32. The van der Waals surface area contributed by atoms with Gasteiger partial charge in [-0.2, -0.15) is 0 Å². The molecular weight excluding hydrogens is 371 g/mol. The second kappa shape index (κ2) is 3.94. The molecule has 6 heteroatoms. The van der Waals surface area contributed by atoms with Gasteiger partial charge in [-0.25, -0.2) is 8.42 Å². The number of hydrogen-bond acceptors (Lipinski definition) is 3. The van der Waals surface area contributed by atoms with E-state index in [0.717, 1.165) is 6.26 Å². The maximum absolute atomic E-state index is 11.3. The van der Waals surface area contributed by atoms with Crippen molar-refractivity contribution < 1.29 is 13.5 Å². The molecule has 1 N–H and O–H groups in total.